The molecule has 6 rings (SSSR count). The molecule has 168 valence electrons. The van der Waals surface area contributed by atoms with Gasteiger partial charge in [-0.05, 0) is 74.8 Å². The third-order valence-electron chi connectivity index (χ3n) is 8.19. The van der Waals surface area contributed by atoms with Crippen LogP contribution in [0, 0.1) is 24.7 Å². The van der Waals surface area contributed by atoms with Crippen molar-refractivity contribution in [2.24, 2.45) is 10.8 Å². The number of rotatable bonds is 5. The van der Waals surface area contributed by atoms with Gasteiger partial charge in [0.05, 0.1) is 22.2 Å². The Morgan fingerprint density at radius 1 is 1.19 bits per heavy atom. The molecule has 0 amide bonds. The van der Waals surface area contributed by atoms with E-state index in [2.05, 4.69) is 14.9 Å². The molecule has 1 aromatic carbocycles. The Labute approximate surface area is 187 Å². The molecule has 2 spiro atoms. The van der Waals surface area contributed by atoms with Crippen LogP contribution >= 0.6 is 0 Å². The Bertz CT molecular complexity index is 1330. The number of pyridine rings is 1. The minimum absolute atomic E-state index is 0.0374. The van der Waals surface area contributed by atoms with E-state index in [4.69, 9.17) is 9.26 Å². The summed E-state index contributed by atoms with van der Waals surface area (Å²) >= 11 is 0. The van der Waals surface area contributed by atoms with Crippen LogP contribution in [-0.2, 0) is 14.8 Å². The number of methoxy groups -OCH3 is 1. The molecular formula is C24H27N3O4S. The lowest BCUT2D eigenvalue weighted by molar-refractivity contribution is 0.119. The molecule has 2 aromatic heterocycles. The molecule has 3 fully saturated rings. The molecule has 0 radical (unpaired) electrons. The Balaban J connectivity index is 1.40. The second-order valence-electron chi connectivity index (χ2n) is 9.72. The molecule has 2 heterocycles. The van der Waals surface area contributed by atoms with E-state index in [0.29, 0.717) is 16.7 Å². The quantitative estimate of drug-likeness (QED) is 0.624. The summed E-state index contributed by atoms with van der Waals surface area (Å²) < 4.78 is 41.5. The predicted molar refractivity (Wildman–Crippen MR) is 120 cm³/mol. The Morgan fingerprint density at radius 2 is 2.00 bits per heavy atom. The van der Waals surface area contributed by atoms with Crippen molar-refractivity contribution in [2.75, 3.05) is 7.11 Å². The summed E-state index contributed by atoms with van der Waals surface area (Å²) in [5.41, 5.74) is 3.13. The molecule has 1 N–H and O–H groups in total. The molecule has 0 bridgehead atoms. The van der Waals surface area contributed by atoms with Gasteiger partial charge in [-0.1, -0.05) is 11.6 Å². The monoisotopic (exact) mass is 453 g/mol. The van der Waals surface area contributed by atoms with E-state index in [0.717, 1.165) is 48.9 Å². The normalized spacial score (nSPS) is 31.1. The van der Waals surface area contributed by atoms with Gasteiger partial charge in [-0.15, -0.1) is 0 Å². The molecule has 3 saturated carbocycles. The highest BCUT2D eigenvalue weighted by Crippen LogP contribution is 2.78. The molecule has 32 heavy (non-hydrogen) atoms. The van der Waals surface area contributed by atoms with Crippen molar-refractivity contribution in [1.29, 1.82) is 0 Å². The molecular weight excluding hydrogens is 426 g/mol. The average molecular weight is 454 g/mol. The van der Waals surface area contributed by atoms with E-state index in [1.807, 2.05) is 26.0 Å². The summed E-state index contributed by atoms with van der Waals surface area (Å²) in [7, 11) is -1.98. The number of aryl methyl sites for hydroxylation is 2. The zero-order valence-corrected chi connectivity index (χ0v) is 19.3. The van der Waals surface area contributed by atoms with Crippen molar-refractivity contribution in [3.63, 3.8) is 0 Å². The maximum absolute atomic E-state index is 13.7. The Hall–Kier alpha value is -2.29. The lowest BCUT2D eigenvalue weighted by atomic mass is 9.88. The van der Waals surface area contributed by atoms with E-state index in [-0.39, 0.29) is 27.9 Å². The zero-order valence-electron chi connectivity index (χ0n) is 18.5. The van der Waals surface area contributed by atoms with Crippen molar-refractivity contribution >= 4 is 20.9 Å². The minimum atomic E-state index is -3.75. The number of nitrogens with zero attached hydrogens (tertiary/aromatic N) is 2. The third kappa shape index (κ3) is 2.69. The second kappa shape index (κ2) is 6.62. The van der Waals surface area contributed by atoms with Crippen molar-refractivity contribution < 1.29 is 17.7 Å². The number of sulfonamides is 1. The van der Waals surface area contributed by atoms with Crippen LogP contribution in [0.1, 0.15) is 43.6 Å². The van der Waals surface area contributed by atoms with Crippen molar-refractivity contribution in [2.45, 2.75) is 63.0 Å². The van der Waals surface area contributed by atoms with Gasteiger partial charge in [0.1, 0.15) is 5.76 Å². The lowest BCUT2D eigenvalue weighted by Crippen LogP contribution is -2.32. The first-order chi connectivity index (χ1) is 15.3. The fraction of sp³-hybridized carbons (Fsp3) is 0.500. The lowest BCUT2D eigenvalue weighted by Gasteiger charge is -2.21. The zero-order chi connectivity index (χ0) is 22.3. The maximum Gasteiger partial charge on any atom is 0.241 e. The van der Waals surface area contributed by atoms with Gasteiger partial charge in [0, 0.05) is 35.7 Å². The van der Waals surface area contributed by atoms with Crippen molar-refractivity contribution in [1.82, 2.24) is 14.9 Å². The number of aromatic nitrogens is 2. The molecule has 3 aliphatic rings. The summed E-state index contributed by atoms with van der Waals surface area (Å²) in [6.07, 6.45) is 7.25. The van der Waals surface area contributed by atoms with Gasteiger partial charge < -0.3 is 9.26 Å². The van der Waals surface area contributed by atoms with Crippen LogP contribution in [0.2, 0.25) is 0 Å². The van der Waals surface area contributed by atoms with Gasteiger partial charge in [0.25, 0.3) is 0 Å². The fourth-order valence-electron chi connectivity index (χ4n) is 6.53. The maximum atomic E-state index is 13.7. The Morgan fingerprint density at radius 3 is 2.72 bits per heavy atom. The summed E-state index contributed by atoms with van der Waals surface area (Å²) in [6.45, 7) is 3.69. The van der Waals surface area contributed by atoms with E-state index in [1.54, 1.807) is 25.4 Å². The molecule has 3 aromatic rings. The number of ether oxygens (including phenoxy) is 1. The van der Waals surface area contributed by atoms with Gasteiger partial charge in [0.2, 0.25) is 10.0 Å². The van der Waals surface area contributed by atoms with Gasteiger partial charge in [-0.25, -0.2) is 13.1 Å². The number of hydrogen-bond donors (Lipinski definition) is 1. The highest BCUT2D eigenvalue weighted by Gasteiger charge is 2.78. The first-order valence-corrected chi connectivity index (χ1v) is 12.7. The topological polar surface area (TPSA) is 94.3 Å². The van der Waals surface area contributed by atoms with Gasteiger partial charge >= 0.3 is 0 Å². The smallest absolute Gasteiger partial charge is 0.241 e. The van der Waals surface area contributed by atoms with Gasteiger partial charge in [0.15, 0.2) is 0 Å². The number of benzene rings is 1. The molecule has 2 unspecified atom stereocenters. The summed E-state index contributed by atoms with van der Waals surface area (Å²) in [5, 5.41) is 4.65. The molecule has 0 saturated heterocycles. The van der Waals surface area contributed by atoms with Crippen LogP contribution in [0.25, 0.3) is 22.0 Å². The third-order valence-corrected chi connectivity index (χ3v) is 9.71. The van der Waals surface area contributed by atoms with Crippen LogP contribution in [0.3, 0.4) is 0 Å². The summed E-state index contributed by atoms with van der Waals surface area (Å²) in [6, 6.07) is 7.18. The van der Waals surface area contributed by atoms with Crippen LogP contribution in [-0.4, -0.2) is 37.8 Å². The van der Waals surface area contributed by atoms with Crippen LogP contribution < -0.4 is 4.72 Å². The number of hydrogen-bond acceptors (Lipinski definition) is 6. The molecule has 0 aliphatic heterocycles. The Kier molecular flexibility index (Phi) is 4.20. The molecule has 3 aliphatic carbocycles. The SMILES string of the molecule is CO[C@H]1CC12CCC[C@]21CC1NS(=O)(=O)c1cc(-c2c(C)noc2C)cc2ncccc12. The van der Waals surface area contributed by atoms with Crippen molar-refractivity contribution in [3.05, 3.63) is 41.9 Å². The first-order valence-electron chi connectivity index (χ1n) is 11.2. The summed E-state index contributed by atoms with van der Waals surface area (Å²) in [5.74, 6) is 0.655. The largest absolute Gasteiger partial charge is 0.381 e. The van der Waals surface area contributed by atoms with E-state index in [9.17, 15) is 8.42 Å². The highest BCUT2D eigenvalue weighted by atomic mass is 32.2. The van der Waals surface area contributed by atoms with Crippen LogP contribution in [0.5, 0.6) is 0 Å². The number of nitrogens with one attached hydrogen (secondary N) is 1. The first kappa shape index (κ1) is 20.3. The van der Waals surface area contributed by atoms with E-state index < -0.39 is 10.0 Å². The summed E-state index contributed by atoms with van der Waals surface area (Å²) in [4.78, 5) is 4.70. The molecule has 7 nitrogen and oxygen atoms in total. The standard InChI is InChI=1S/C24H27N3O4S/c1-14-22(15(2)31-26-14)16-10-18-17(6-4-9-25-18)19(11-16)32(28,29)27-20-12-23(20)7-5-8-24(23)13-21(24)30-3/h4,6,9-11,20-21,27H,5,7-8,12-13H2,1-3H3/t20?,21-,23+,24?/m0/s1. The molecule has 8 heteroatoms. The van der Waals surface area contributed by atoms with Crippen molar-refractivity contribution in [3.8, 4) is 11.1 Å². The minimum Gasteiger partial charge on any atom is -0.381 e. The van der Waals surface area contributed by atoms with Gasteiger partial charge in [-0.2, -0.15) is 0 Å². The fourth-order valence-corrected chi connectivity index (χ4v) is 8.09. The second-order valence-corrected chi connectivity index (χ2v) is 11.4. The molecule has 4 atom stereocenters. The average Bonchev–Trinajstić information content (AvgIpc) is 3.58. The van der Waals surface area contributed by atoms with Crippen LogP contribution in [0.4, 0.5) is 0 Å². The van der Waals surface area contributed by atoms with E-state index >= 15 is 0 Å². The predicted octanol–water partition coefficient (Wildman–Crippen LogP) is 4.13. The van der Waals surface area contributed by atoms with Gasteiger partial charge in [-0.3, -0.25) is 4.98 Å². The van der Waals surface area contributed by atoms with E-state index in [1.165, 1.54) is 0 Å². The highest BCUT2D eigenvalue weighted by molar-refractivity contribution is 7.89. The number of fused-ring (bicyclic) bond motifs is 2. The van der Waals surface area contributed by atoms with Crippen LogP contribution in [0.15, 0.2) is 39.9 Å².